The fraction of sp³-hybridized carbons (Fsp3) is 0.211. The van der Waals surface area contributed by atoms with Crippen LogP contribution in [0.1, 0.15) is 23.6 Å². The van der Waals surface area contributed by atoms with E-state index < -0.39 is 0 Å². The van der Waals surface area contributed by atoms with Crippen molar-refractivity contribution in [2.45, 2.75) is 26.8 Å². The molecule has 1 heterocycles. The van der Waals surface area contributed by atoms with Gasteiger partial charge in [0.15, 0.2) is 0 Å². The van der Waals surface area contributed by atoms with Crippen molar-refractivity contribution in [3.63, 3.8) is 0 Å². The summed E-state index contributed by atoms with van der Waals surface area (Å²) < 4.78 is 3.57. The molecule has 0 bridgehead atoms. The molecule has 3 aromatic rings. The van der Waals surface area contributed by atoms with E-state index in [1.807, 2.05) is 31.2 Å². The zero-order valence-electron chi connectivity index (χ0n) is 14.2. The quantitative estimate of drug-likeness (QED) is 0.363. The molecule has 0 aliphatic carbocycles. The van der Waals surface area contributed by atoms with E-state index in [0.29, 0.717) is 11.1 Å². The monoisotopic (exact) mass is 401 g/mol. The van der Waals surface area contributed by atoms with E-state index in [1.165, 1.54) is 17.3 Å². The Bertz CT molecular complexity index is 871. The van der Waals surface area contributed by atoms with Gasteiger partial charge in [-0.2, -0.15) is 0 Å². The van der Waals surface area contributed by atoms with Gasteiger partial charge >= 0.3 is 153 Å². The predicted octanol–water partition coefficient (Wildman–Crippen LogP) is 2.37. The molecular weight excluding hydrogens is 381 g/mol. The molecule has 0 aliphatic heterocycles. The summed E-state index contributed by atoms with van der Waals surface area (Å²) in [5.74, 6) is 0. The molecule has 0 N–H and O–H groups in total. The van der Waals surface area contributed by atoms with Gasteiger partial charge in [-0.15, -0.1) is 0 Å². The summed E-state index contributed by atoms with van der Waals surface area (Å²) in [7, 11) is 0. The summed E-state index contributed by atoms with van der Waals surface area (Å²) in [6, 6.07) is 16.5. The first-order valence-corrected chi connectivity index (χ1v) is 9.80. The predicted molar refractivity (Wildman–Crippen MR) is 100 cm³/mol. The zero-order valence-corrected chi connectivity index (χ0v) is 15.9. The first-order valence-electron chi connectivity index (χ1n) is 8.09. The molecular formula is C19H19N3O2Se. The fourth-order valence-corrected chi connectivity index (χ4v) is 4.46. The van der Waals surface area contributed by atoms with Crippen LogP contribution >= 0.6 is 0 Å². The van der Waals surface area contributed by atoms with Gasteiger partial charge in [0.1, 0.15) is 0 Å². The van der Waals surface area contributed by atoms with Gasteiger partial charge in [0, 0.05) is 0 Å². The minimum absolute atomic E-state index is 0.103. The van der Waals surface area contributed by atoms with Crippen LogP contribution in [-0.4, -0.2) is 29.7 Å². The van der Waals surface area contributed by atoms with Crippen molar-refractivity contribution < 1.29 is 4.92 Å². The Labute approximate surface area is 153 Å². The molecule has 1 aromatic heterocycles. The SMILES string of the molecule is CCc1ccc([Se]c2c([N+](=O)[O-])cnn2Cc2ccc(C)cc2)cc1. The van der Waals surface area contributed by atoms with Gasteiger partial charge in [0.2, 0.25) is 0 Å². The summed E-state index contributed by atoms with van der Waals surface area (Å²) in [6.45, 7) is 4.69. The van der Waals surface area contributed by atoms with Crippen molar-refractivity contribution in [3.05, 3.63) is 81.5 Å². The van der Waals surface area contributed by atoms with Crippen molar-refractivity contribution in [3.8, 4) is 0 Å². The van der Waals surface area contributed by atoms with E-state index in [4.69, 9.17) is 0 Å². The van der Waals surface area contributed by atoms with E-state index in [2.05, 4.69) is 36.3 Å². The topological polar surface area (TPSA) is 61.0 Å². The Morgan fingerprint density at radius 1 is 1.08 bits per heavy atom. The van der Waals surface area contributed by atoms with Crippen LogP contribution in [-0.2, 0) is 13.0 Å². The number of aryl methyl sites for hydroxylation is 2. The van der Waals surface area contributed by atoms with Gasteiger partial charge in [0.05, 0.1) is 0 Å². The Morgan fingerprint density at radius 3 is 2.32 bits per heavy atom. The summed E-state index contributed by atoms with van der Waals surface area (Å²) in [5.41, 5.74) is 3.64. The van der Waals surface area contributed by atoms with Crippen LogP contribution in [0.15, 0.2) is 54.7 Å². The van der Waals surface area contributed by atoms with Crippen molar-refractivity contribution >= 4 is 29.7 Å². The number of nitrogens with zero attached hydrogens (tertiary/aromatic N) is 3. The third-order valence-electron chi connectivity index (χ3n) is 3.97. The Morgan fingerprint density at radius 2 is 1.72 bits per heavy atom. The number of nitro groups is 1. The van der Waals surface area contributed by atoms with Gasteiger partial charge in [-0.3, -0.25) is 0 Å². The molecule has 6 heteroatoms. The van der Waals surface area contributed by atoms with E-state index in [1.54, 1.807) is 4.68 Å². The maximum atomic E-state index is 11.4. The molecule has 0 fully saturated rings. The molecule has 0 unspecified atom stereocenters. The number of benzene rings is 2. The molecule has 25 heavy (non-hydrogen) atoms. The van der Waals surface area contributed by atoms with Gasteiger partial charge < -0.3 is 0 Å². The van der Waals surface area contributed by atoms with Crippen molar-refractivity contribution in [2.24, 2.45) is 0 Å². The zero-order chi connectivity index (χ0) is 17.8. The molecule has 0 spiro atoms. The summed E-state index contributed by atoms with van der Waals surface area (Å²) in [4.78, 5) is 11.0. The summed E-state index contributed by atoms with van der Waals surface area (Å²) >= 11 is -0.171. The molecule has 3 rings (SSSR count). The van der Waals surface area contributed by atoms with Crippen LogP contribution in [0.5, 0.6) is 0 Å². The normalized spacial score (nSPS) is 10.8. The van der Waals surface area contributed by atoms with Crippen LogP contribution in [0.25, 0.3) is 0 Å². The van der Waals surface area contributed by atoms with Gasteiger partial charge in [-0.1, -0.05) is 0 Å². The minimum atomic E-state index is -0.337. The van der Waals surface area contributed by atoms with E-state index in [0.717, 1.165) is 16.4 Å². The third-order valence-corrected chi connectivity index (χ3v) is 6.32. The Kier molecular flexibility index (Phi) is 5.31. The first kappa shape index (κ1) is 17.4. The average molecular weight is 400 g/mol. The van der Waals surface area contributed by atoms with Gasteiger partial charge in [-0.25, -0.2) is 0 Å². The molecule has 0 atom stereocenters. The van der Waals surface area contributed by atoms with E-state index >= 15 is 0 Å². The number of hydrogen-bond acceptors (Lipinski definition) is 3. The molecule has 128 valence electrons. The summed E-state index contributed by atoms with van der Waals surface area (Å²) in [6.07, 6.45) is 2.35. The van der Waals surface area contributed by atoms with Crippen LogP contribution in [0.4, 0.5) is 5.69 Å². The number of aromatic nitrogens is 2. The van der Waals surface area contributed by atoms with Crippen molar-refractivity contribution in [2.75, 3.05) is 0 Å². The van der Waals surface area contributed by atoms with Crippen molar-refractivity contribution in [1.29, 1.82) is 0 Å². The second kappa shape index (κ2) is 7.64. The maximum absolute atomic E-state index is 11.4. The molecule has 0 radical (unpaired) electrons. The second-order valence-corrected chi connectivity index (χ2v) is 8.06. The Balaban J connectivity index is 1.90. The third kappa shape index (κ3) is 4.16. The molecule has 5 nitrogen and oxygen atoms in total. The Hall–Kier alpha value is -2.43. The summed E-state index contributed by atoms with van der Waals surface area (Å²) in [5, 5.41) is 15.7. The fourth-order valence-electron chi connectivity index (χ4n) is 2.48. The molecule has 0 saturated heterocycles. The number of hydrogen-bond donors (Lipinski definition) is 0. The standard InChI is InChI=1S/C19H19N3O2Se/c1-3-15-8-10-17(11-9-15)25-19-18(22(23)24)12-20-21(19)13-16-6-4-14(2)5-7-16/h4-12H,3,13H2,1-2H3. The van der Waals surface area contributed by atoms with Gasteiger partial charge in [-0.05, 0) is 0 Å². The average Bonchev–Trinajstić information content (AvgIpc) is 3.00. The first-order chi connectivity index (χ1) is 12.1. The second-order valence-electron chi connectivity index (χ2n) is 5.83. The molecule has 0 aliphatic rings. The van der Waals surface area contributed by atoms with Crippen LogP contribution in [0, 0.1) is 17.0 Å². The van der Waals surface area contributed by atoms with Crippen LogP contribution in [0.3, 0.4) is 0 Å². The molecule has 2 aromatic carbocycles. The molecule has 0 amide bonds. The number of rotatable bonds is 6. The van der Waals surface area contributed by atoms with Crippen molar-refractivity contribution in [1.82, 2.24) is 9.78 Å². The van der Waals surface area contributed by atoms with Crippen LogP contribution in [0.2, 0.25) is 0 Å². The molecule has 0 saturated carbocycles. The van der Waals surface area contributed by atoms with Gasteiger partial charge in [0.25, 0.3) is 0 Å². The van der Waals surface area contributed by atoms with E-state index in [9.17, 15) is 10.1 Å². The van der Waals surface area contributed by atoms with Crippen LogP contribution < -0.4 is 9.05 Å². The van der Waals surface area contributed by atoms with E-state index in [-0.39, 0.29) is 25.6 Å².